The topological polar surface area (TPSA) is 90.6 Å². The Bertz CT molecular complexity index is 1330. The summed E-state index contributed by atoms with van der Waals surface area (Å²) in [6.45, 7) is 22.2. The molecule has 6 heteroatoms. The van der Waals surface area contributed by atoms with Crippen molar-refractivity contribution in [2.75, 3.05) is 13.6 Å². The molecular formula is C37H56N2O4. The number of nitriles is 1. The summed E-state index contributed by atoms with van der Waals surface area (Å²) in [6.07, 6.45) is 9.13. The van der Waals surface area contributed by atoms with Crippen LogP contribution in [0.5, 0.6) is 0 Å². The lowest BCUT2D eigenvalue weighted by Gasteiger charge is -2.70. The molecule has 0 bridgehead atoms. The maximum absolute atomic E-state index is 14.7. The molecular weight excluding hydrogens is 536 g/mol. The van der Waals surface area contributed by atoms with Gasteiger partial charge in [-0.3, -0.25) is 4.79 Å². The molecule has 43 heavy (non-hydrogen) atoms. The quantitative estimate of drug-likeness (QED) is 0.346. The average Bonchev–Trinajstić information content (AvgIpc) is 2.87. The maximum Gasteiger partial charge on any atom is 0.410 e. The number of amides is 1. The van der Waals surface area contributed by atoms with Crippen molar-refractivity contribution in [3.8, 4) is 6.07 Å². The standard InChI is InChI=1S/C37H56N2O4/c1-31(2,3)43-30(42)39(11)22-37-16-14-32(4,5)20-24(37)28-25(40)18-27-34(8)19-23(21-38)29(41)33(6,7)26(34)12-13-35(27,9)36(28,10)15-17-37/h18,24,26,28,41H,12-17,19-20,22H2,1-11H3/t24-,26-,28-,34-,35+,36+,37+/m0/s1. The highest BCUT2D eigenvalue weighted by atomic mass is 16.6. The van der Waals surface area contributed by atoms with Gasteiger partial charge in [0.05, 0.1) is 11.6 Å². The van der Waals surface area contributed by atoms with Gasteiger partial charge in [-0.15, -0.1) is 0 Å². The zero-order valence-electron chi connectivity index (χ0n) is 28.7. The van der Waals surface area contributed by atoms with E-state index < -0.39 is 11.0 Å². The van der Waals surface area contributed by atoms with Gasteiger partial charge in [0, 0.05) is 24.9 Å². The van der Waals surface area contributed by atoms with Crippen LogP contribution in [-0.4, -0.2) is 41.1 Å². The number of aliphatic hydroxyl groups is 1. The Balaban J connectivity index is 1.59. The van der Waals surface area contributed by atoms with Crippen LogP contribution >= 0.6 is 0 Å². The van der Waals surface area contributed by atoms with Gasteiger partial charge >= 0.3 is 6.09 Å². The molecule has 1 N–H and O–H groups in total. The van der Waals surface area contributed by atoms with Gasteiger partial charge in [-0.05, 0) is 117 Å². The minimum Gasteiger partial charge on any atom is -0.511 e. The molecule has 0 aromatic heterocycles. The van der Waals surface area contributed by atoms with E-state index in [1.165, 1.54) is 5.57 Å². The Labute approximate surface area is 260 Å². The minimum absolute atomic E-state index is 0.113. The molecule has 0 spiro atoms. The first-order valence-corrected chi connectivity index (χ1v) is 16.6. The molecule has 238 valence electrons. The van der Waals surface area contributed by atoms with Crippen molar-refractivity contribution in [3.05, 3.63) is 23.0 Å². The second kappa shape index (κ2) is 9.60. The number of hydrogen-bond acceptors (Lipinski definition) is 5. The van der Waals surface area contributed by atoms with Crippen LogP contribution in [0, 0.1) is 61.6 Å². The largest absolute Gasteiger partial charge is 0.511 e. The van der Waals surface area contributed by atoms with Gasteiger partial charge in [-0.2, -0.15) is 5.26 Å². The summed E-state index contributed by atoms with van der Waals surface area (Å²) in [4.78, 5) is 29.7. The van der Waals surface area contributed by atoms with Crippen LogP contribution in [0.2, 0.25) is 0 Å². The zero-order chi connectivity index (χ0) is 32.2. The molecule has 7 atom stereocenters. The molecule has 0 unspecified atom stereocenters. The molecule has 0 aliphatic heterocycles. The number of allylic oxidation sites excluding steroid dienone is 4. The molecule has 3 fully saturated rings. The summed E-state index contributed by atoms with van der Waals surface area (Å²) in [7, 11) is 1.86. The summed E-state index contributed by atoms with van der Waals surface area (Å²) in [6, 6.07) is 2.32. The van der Waals surface area contributed by atoms with Crippen LogP contribution in [0.1, 0.15) is 121 Å². The first kappa shape index (κ1) is 32.1. The van der Waals surface area contributed by atoms with Gasteiger partial charge in [0.25, 0.3) is 0 Å². The molecule has 0 heterocycles. The number of nitrogens with zero attached hydrogens (tertiary/aromatic N) is 2. The van der Waals surface area contributed by atoms with E-state index in [1.807, 2.05) is 33.9 Å². The Kier molecular flexibility index (Phi) is 7.17. The van der Waals surface area contributed by atoms with Crippen molar-refractivity contribution < 1.29 is 19.4 Å². The molecule has 0 saturated heterocycles. The monoisotopic (exact) mass is 592 g/mol. The van der Waals surface area contributed by atoms with Gasteiger partial charge in [0.2, 0.25) is 0 Å². The van der Waals surface area contributed by atoms with Crippen LogP contribution < -0.4 is 0 Å². The van der Waals surface area contributed by atoms with Crippen molar-refractivity contribution in [1.29, 1.82) is 5.26 Å². The maximum atomic E-state index is 14.7. The summed E-state index contributed by atoms with van der Waals surface area (Å²) < 4.78 is 5.76. The highest BCUT2D eigenvalue weighted by molar-refractivity contribution is 5.95. The molecule has 5 aliphatic rings. The van der Waals surface area contributed by atoms with Crippen molar-refractivity contribution in [2.45, 2.75) is 126 Å². The summed E-state index contributed by atoms with van der Waals surface area (Å²) in [5.41, 5.74) is -0.187. The molecule has 1 amide bonds. The van der Waals surface area contributed by atoms with Crippen molar-refractivity contribution >= 4 is 11.9 Å². The third kappa shape index (κ3) is 4.61. The number of ether oxygens (including phenoxy) is 1. The third-order valence-corrected chi connectivity index (χ3v) is 13.6. The van der Waals surface area contributed by atoms with E-state index >= 15 is 0 Å². The number of aliphatic hydroxyl groups excluding tert-OH is 1. The molecule has 3 saturated carbocycles. The van der Waals surface area contributed by atoms with E-state index in [9.17, 15) is 20.0 Å². The van der Waals surface area contributed by atoms with Crippen LogP contribution in [0.25, 0.3) is 0 Å². The van der Waals surface area contributed by atoms with Crippen LogP contribution in [0.3, 0.4) is 0 Å². The van der Waals surface area contributed by atoms with Crippen LogP contribution in [0.15, 0.2) is 23.0 Å². The number of carbonyl (C=O) groups is 2. The second-order valence-electron chi connectivity index (χ2n) is 18.2. The number of fused-ring (bicyclic) bond motifs is 7. The van der Waals surface area contributed by atoms with Gasteiger partial charge in [0.1, 0.15) is 11.4 Å². The Hall–Kier alpha value is -2.29. The molecule has 5 rings (SSSR count). The Morgan fingerprint density at radius 1 is 1.07 bits per heavy atom. The lowest BCUT2D eigenvalue weighted by Crippen LogP contribution is -2.65. The number of ketones is 1. The highest BCUT2D eigenvalue weighted by Gasteiger charge is 2.70. The van der Waals surface area contributed by atoms with Crippen molar-refractivity contribution in [2.24, 2.45) is 50.2 Å². The number of carbonyl (C=O) groups excluding carboxylic acids is 2. The lowest BCUT2D eigenvalue weighted by atomic mass is 9.34. The van der Waals surface area contributed by atoms with E-state index in [0.29, 0.717) is 18.5 Å². The molecule has 0 aromatic rings. The molecule has 0 radical (unpaired) electrons. The summed E-state index contributed by atoms with van der Waals surface area (Å²) in [5.74, 6) is 0.683. The average molecular weight is 593 g/mol. The van der Waals surface area contributed by atoms with Gasteiger partial charge in [-0.25, -0.2) is 4.79 Å². The number of rotatable bonds is 2. The smallest absolute Gasteiger partial charge is 0.410 e. The first-order valence-electron chi connectivity index (χ1n) is 16.6. The zero-order valence-corrected chi connectivity index (χ0v) is 28.7. The molecule has 0 aromatic carbocycles. The predicted molar refractivity (Wildman–Crippen MR) is 169 cm³/mol. The van der Waals surface area contributed by atoms with E-state index in [1.54, 1.807) is 4.90 Å². The van der Waals surface area contributed by atoms with E-state index in [4.69, 9.17) is 4.74 Å². The van der Waals surface area contributed by atoms with Crippen molar-refractivity contribution in [1.82, 2.24) is 4.90 Å². The van der Waals surface area contributed by atoms with Gasteiger partial charge < -0.3 is 14.7 Å². The summed E-state index contributed by atoms with van der Waals surface area (Å²) in [5, 5.41) is 21.2. The molecule has 6 nitrogen and oxygen atoms in total. The number of hydrogen-bond donors (Lipinski definition) is 1. The van der Waals surface area contributed by atoms with Crippen LogP contribution in [0.4, 0.5) is 4.79 Å². The SMILES string of the molecule is CN(C[C@]12CCC(C)(C)C[C@H]1[C@H]1C(=O)C=C3[C@@]4(C)CC(C#N)=C(O)C(C)(C)[C@@H]4CC[C@@]3(C)[C@]1(C)CC2)C(=O)OC(C)(C)C. The lowest BCUT2D eigenvalue weighted by molar-refractivity contribution is -0.175. The van der Waals surface area contributed by atoms with Gasteiger partial charge in [0.15, 0.2) is 5.78 Å². The normalized spacial score (nSPS) is 41.5. The van der Waals surface area contributed by atoms with Crippen LogP contribution in [-0.2, 0) is 9.53 Å². The fourth-order valence-electron chi connectivity index (χ4n) is 11.2. The molecule has 5 aliphatic carbocycles. The predicted octanol–water partition coefficient (Wildman–Crippen LogP) is 8.78. The van der Waals surface area contributed by atoms with Gasteiger partial charge in [-0.1, -0.05) is 54.0 Å². The summed E-state index contributed by atoms with van der Waals surface area (Å²) >= 11 is 0. The second-order valence-corrected chi connectivity index (χ2v) is 18.2. The first-order chi connectivity index (χ1) is 19.6. The fraction of sp³-hybridized carbons (Fsp3) is 0.811. The fourth-order valence-corrected chi connectivity index (χ4v) is 11.2. The third-order valence-electron chi connectivity index (χ3n) is 13.6. The van der Waals surface area contributed by atoms with E-state index in [-0.39, 0.29) is 62.5 Å². The Morgan fingerprint density at radius 2 is 1.70 bits per heavy atom. The van der Waals surface area contributed by atoms with E-state index in [0.717, 1.165) is 44.9 Å². The minimum atomic E-state index is -0.558. The van der Waals surface area contributed by atoms with E-state index in [2.05, 4.69) is 54.5 Å². The Morgan fingerprint density at radius 3 is 2.30 bits per heavy atom. The highest BCUT2D eigenvalue weighted by Crippen LogP contribution is 2.75. The van der Waals surface area contributed by atoms with Crippen molar-refractivity contribution in [3.63, 3.8) is 0 Å².